The lowest BCUT2D eigenvalue weighted by atomic mass is 9.74. The lowest BCUT2D eigenvalue weighted by molar-refractivity contribution is -0.130. The van der Waals surface area contributed by atoms with Crippen molar-refractivity contribution in [3.05, 3.63) is 70.8 Å². The number of aliphatic imine (C=N–C) groups is 1. The molecule has 0 spiro atoms. The summed E-state index contributed by atoms with van der Waals surface area (Å²) >= 11 is 0. The zero-order valence-corrected chi connectivity index (χ0v) is 14.5. The second-order valence-corrected chi connectivity index (χ2v) is 6.37. The van der Waals surface area contributed by atoms with E-state index in [-0.39, 0.29) is 11.9 Å². The molecule has 0 aliphatic carbocycles. The Bertz CT molecular complexity index is 980. The molecule has 0 radical (unpaired) electrons. The van der Waals surface area contributed by atoms with Crippen LogP contribution in [0, 0.1) is 22.7 Å². The van der Waals surface area contributed by atoms with E-state index in [1.54, 1.807) is 49.5 Å². The zero-order chi connectivity index (χ0) is 18.9. The van der Waals surface area contributed by atoms with Crippen LogP contribution in [0.5, 0.6) is 0 Å². The Labute approximate surface area is 151 Å². The van der Waals surface area contributed by atoms with Gasteiger partial charge in [-0.2, -0.15) is 10.5 Å². The van der Waals surface area contributed by atoms with Crippen LogP contribution in [0.15, 0.2) is 53.5 Å². The molecule has 26 heavy (non-hydrogen) atoms. The van der Waals surface area contributed by atoms with Gasteiger partial charge in [-0.3, -0.25) is 9.69 Å². The Hall–Kier alpha value is -3.64. The third kappa shape index (κ3) is 2.68. The van der Waals surface area contributed by atoms with Crippen LogP contribution in [-0.2, 0) is 10.3 Å². The maximum absolute atomic E-state index is 13.1. The smallest absolute Gasteiger partial charge is 0.239 e. The monoisotopic (exact) mass is 343 g/mol. The standard InChI is InChI=1S/C20H17N5O/c1-20(16-5-3-4-14(10-16)12-22)17(18(26)25(2)19(23)24-20)15-8-6-13(11-21)7-9-15/h3-10,17H,1-2H3,(H2,23,24)/t17-,20+/m0/s1. The molecule has 0 saturated carbocycles. The van der Waals surface area contributed by atoms with Gasteiger partial charge in [-0.05, 0) is 42.3 Å². The molecule has 2 aromatic carbocycles. The number of benzene rings is 2. The van der Waals surface area contributed by atoms with Crippen LogP contribution in [0.2, 0.25) is 0 Å². The van der Waals surface area contributed by atoms with Crippen LogP contribution >= 0.6 is 0 Å². The van der Waals surface area contributed by atoms with Gasteiger partial charge in [0.2, 0.25) is 5.91 Å². The maximum atomic E-state index is 13.1. The van der Waals surface area contributed by atoms with Crippen molar-refractivity contribution in [3.8, 4) is 12.1 Å². The molecule has 128 valence electrons. The molecule has 1 aliphatic heterocycles. The SMILES string of the molecule is CN1C(=O)[C@H](c2ccc(C#N)cc2)[C@@](C)(c2cccc(C#N)c2)N=C1N. The van der Waals surface area contributed by atoms with E-state index >= 15 is 0 Å². The van der Waals surface area contributed by atoms with E-state index in [0.717, 1.165) is 11.1 Å². The highest BCUT2D eigenvalue weighted by Gasteiger charge is 2.47. The number of carbonyl (C=O) groups excluding carboxylic acids is 1. The molecule has 0 saturated heterocycles. The number of hydrogen-bond donors (Lipinski definition) is 1. The predicted octanol–water partition coefficient (Wildman–Crippen LogP) is 2.22. The van der Waals surface area contributed by atoms with E-state index in [0.29, 0.717) is 11.1 Å². The predicted molar refractivity (Wildman–Crippen MR) is 96.8 cm³/mol. The minimum Gasteiger partial charge on any atom is -0.369 e. The molecule has 6 heteroatoms. The molecule has 0 aromatic heterocycles. The molecule has 0 unspecified atom stereocenters. The van der Waals surface area contributed by atoms with Crippen molar-refractivity contribution in [1.82, 2.24) is 4.90 Å². The molecule has 1 heterocycles. The van der Waals surface area contributed by atoms with Gasteiger partial charge in [0.05, 0.1) is 29.2 Å². The van der Waals surface area contributed by atoms with Crippen molar-refractivity contribution in [1.29, 1.82) is 10.5 Å². The summed E-state index contributed by atoms with van der Waals surface area (Å²) in [5, 5.41) is 18.2. The Morgan fingerprint density at radius 1 is 1.12 bits per heavy atom. The van der Waals surface area contributed by atoms with Gasteiger partial charge in [-0.15, -0.1) is 0 Å². The minimum absolute atomic E-state index is 0.129. The van der Waals surface area contributed by atoms with Gasteiger partial charge < -0.3 is 5.73 Å². The number of carbonyl (C=O) groups is 1. The summed E-state index contributed by atoms with van der Waals surface area (Å²) in [4.78, 5) is 19.0. The van der Waals surface area contributed by atoms with Crippen molar-refractivity contribution in [2.75, 3.05) is 7.05 Å². The minimum atomic E-state index is -0.964. The molecule has 6 nitrogen and oxygen atoms in total. The Balaban J connectivity index is 2.22. The summed E-state index contributed by atoms with van der Waals surface area (Å²) in [5.74, 6) is -0.682. The van der Waals surface area contributed by atoms with Crippen LogP contribution in [0.25, 0.3) is 0 Å². The van der Waals surface area contributed by atoms with Crippen LogP contribution < -0.4 is 5.73 Å². The lowest BCUT2D eigenvalue weighted by Crippen LogP contribution is -2.52. The summed E-state index contributed by atoms with van der Waals surface area (Å²) in [7, 11) is 1.59. The lowest BCUT2D eigenvalue weighted by Gasteiger charge is -2.41. The third-order valence-electron chi connectivity index (χ3n) is 4.78. The van der Waals surface area contributed by atoms with Crippen molar-refractivity contribution in [3.63, 3.8) is 0 Å². The van der Waals surface area contributed by atoms with Crippen LogP contribution in [0.4, 0.5) is 0 Å². The number of nitrogens with two attached hydrogens (primary N) is 1. The summed E-state index contributed by atoms with van der Waals surface area (Å²) < 4.78 is 0. The topological polar surface area (TPSA) is 106 Å². The Morgan fingerprint density at radius 2 is 1.77 bits per heavy atom. The number of rotatable bonds is 2. The fourth-order valence-corrected chi connectivity index (χ4v) is 3.28. The number of amides is 1. The molecular weight excluding hydrogens is 326 g/mol. The molecule has 2 atom stereocenters. The number of hydrogen-bond acceptors (Lipinski definition) is 5. The molecule has 0 bridgehead atoms. The first-order valence-corrected chi connectivity index (χ1v) is 8.04. The zero-order valence-electron chi connectivity index (χ0n) is 14.5. The van der Waals surface area contributed by atoms with E-state index in [9.17, 15) is 10.1 Å². The first-order valence-electron chi connectivity index (χ1n) is 8.04. The van der Waals surface area contributed by atoms with Gasteiger partial charge in [0.25, 0.3) is 0 Å². The largest absolute Gasteiger partial charge is 0.369 e. The van der Waals surface area contributed by atoms with Crippen LogP contribution in [0.1, 0.15) is 35.1 Å². The third-order valence-corrected chi connectivity index (χ3v) is 4.78. The summed E-state index contributed by atoms with van der Waals surface area (Å²) in [6, 6.07) is 18.1. The van der Waals surface area contributed by atoms with Gasteiger partial charge in [0.1, 0.15) is 5.54 Å². The molecule has 3 rings (SSSR count). The summed E-state index contributed by atoms with van der Waals surface area (Å²) in [5.41, 5.74) is 7.49. The molecule has 0 fully saturated rings. The van der Waals surface area contributed by atoms with E-state index in [4.69, 9.17) is 11.0 Å². The number of nitrogens with zero attached hydrogens (tertiary/aromatic N) is 4. The normalized spacial score (nSPS) is 22.3. The van der Waals surface area contributed by atoms with Crippen LogP contribution in [0.3, 0.4) is 0 Å². The average molecular weight is 343 g/mol. The second kappa shape index (κ2) is 6.34. The second-order valence-electron chi connectivity index (χ2n) is 6.37. The average Bonchev–Trinajstić information content (AvgIpc) is 2.67. The van der Waals surface area contributed by atoms with Gasteiger partial charge in [0.15, 0.2) is 5.96 Å². The number of likely N-dealkylation sites (N-methyl/N-ethyl adjacent to an activating group) is 1. The molecule has 2 aromatic rings. The van der Waals surface area contributed by atoms with Crippen molar-refractivity contribution in [2.45, 2.75) is 18.4 Å². The first-order chi connectivity index (χ1) is 12.4. The van der Waals surface area contributed by atoms with Crippen molar-refractivity contribution >= 4 is 11.9 Å². The van der Waals surface area contributed by atoms with Gasteiger partial charge in [0, 0.05) is 7.05 Å². The summed E-state index contributed by atoms with van der Waals surface area (Å²) in [6.45, 7) is 1.84. The Kier molecular flexibility index (Phi) is 4.19. The van der Waals surface area contributed by atoms with Crippen molar-refractivity contribution < 1.29 is 4.79 Å². The Morgan fingerprint density at radius 3 is 2.38 bits per heavy atom. The maximum Gasteiger partial charge on any atom is 0.239 e. The van der Waals surface area contributed by atoms with E-state index < -0.39 is 11.5 Å². The number of nitriles is 2. The summed E-state index contributed by atoms with van der Waals surface area (Å²) in [6.07, 6.45) is 0. The highest BCUT2D eigenvalue weighted by atomic mass is 16.2. The van der Waals surface area contributed by atoms with Crippen LogP contribution in [-0.4, -0.2) is 23.8 Å². The quantitative estimate of drug-likeness (QED) is 0.902. The van der Waals surface area contributed by atoms with Crippen molar-refractivity contribution in [2.24, 2.45) is 10.7 Å². The fraction of sp³-hybridized carbons (Fsp3) is 0.200. The van der Waals surface area contributed by atoms with E-state index in [1.165, 1.54) is 4.90 Å². The van der Waals surface area contributed by atoms with Gasteiger partial charge >= 0.3 is 0 Å². The number of guanidine groups is 1. The molecule has 1 aliphatic rings. The molecular formula is C20H17N5O. The highest BCUT2D eigenvalue weighted by molar-refractivity contribution is 6.02. The highest BCUT2D eigenvalue weighted by Crippen LogP contribution is 2.44. The van der Waals surface area contributed by atoms with E-state index in [1.807, 2.05) is 13.0 Å². The van der Waals surface area contributed by atoms with E-state index in [2.05, 4.69) is 17.1 Å². The molecule has 1 amide bonds. The molecule has 2 N–H and O–H groups in total. The fourth-order valence-electron chi connectivity index (χ4n) is 3.28. The van der Waals surface area contributed by atoms with Gasteiger partial charge in [-0.25, -0.2) is 4.99 Å². The first kappa shape index (κ1) is 17.2. The van der Waals surface area contributed by atoms with Gasteiger partial charge in [-0.1, -0.05) is 24.3 Å².